The summed E-state index contributed by atoms with van der Waals surface area (Å²) in [5.41, 5.74) is 3.96. The van der Waals surface area contributed by atoms with Gasteiger partial charge in [0.1, 0.15) is 16.9 Å². The van der Waals surface area contributed by atoms with Crippen LogP contribution in [0.25, 0.3) is 11.1 Å². The Morgan fingerprint density at radius 2 is 1.52 bits per heavy atom. The molecule has 4 nitrogen and oxygen atoms in total. The molecule has 1 saturated heterocycles. The Bertz CT molecular complexity index is 967. The van der Waals surface area contributed by atoms with E-state index in [-0.39, 0.29) is 11.3 Å². The molecule has 0 spiro atoms. The number of rotatable bonds is 5. The summed E-state index contributed by atoms with van der Waals surface area (Å²) in [6.07, 6.45) is 0. The number of benzene rings is 3. The van der Waals surface area contributed by atoms with E-state index >= 15 is 0 Å². The minimum Gasteiger partial charge on any atom is -0.497 e. The summed E-state index contributed by atoms with van der Waals surface area (Å²) >= 11 is 1.76. The SMILES string of the molecule is COc1cc(OC)cc(C2SCCN2C(=O)c2ccc(-c3ccccc3)cc2)c1. The van der Waals surface area contributed by atoms with Crippen molar-refractivity contribution in [3.8, 4) is 22.6 Å². The number of thioether (sulfide) groups is 1. The van der Waals surface area contributed by atoms with E-state index < -0.39 is 0 Å². The molecular formula is C24H23NO3S. The van der Waals surface area contributed by atoms with Crippen molar-refractivity contribution in [2.45, 2.75) is 5.37 Å². The molecule has 4 rings (SSSR count). The normalized spacial score (nSPS) is 15.9. The first-order valence-corrected chi connectivity index (χ1v) is 10.6. The highest BCUT2D eigenvalue weighted by Gasteiger charge is 2.32. The molecule has 0 saturated carbocycles. The van der Waals surface area contributed by atoms with Gasteiger partial charge in [-0.25, -0.2) is 0 Å². The molecule has 148 valence electrons. The number of amides is 1. The van der Waals surface area contributed by atoms with E-state index in [0.29, 0.717) is 12.1 Å². The third-order valence-electron chi connectivity index (χ3n) is 5.05. The van der Waals surface area contributed by atoms with E-state index in [1.165, 1.54) is 0 Å². The van der Waals surface area contributed by atoms with Crippen molar-refractivity contribution in [1.82, 2.24) is 4.90 Å². The summed E-state index contributed by atoms with van der Waals surface area (Å²) in [5.74, 6) is 2.40. The van der Waals surface area contributed by atoms with E-state index in [2.05, 4.69) is 12.1 Å². The fraction of sp³-hybridized carbons (Fsp3) is 0.208. The molecule has 0 radical (unpaired) electrons. The molecular weight excluding hydrogens is 382 g/mol. The van der Waals surface area contributed by atoms with Crippen LogP contribution < -0.4 is 9.47 Å². The first-order chi connectivity index (χ1) is 14.2. The van der Waals surface area contributed by atoms with Gasteiger partial charge in [0.05, 0.1) is 14.2 Å². The predicted molar refractivity (Wildman–Crippen MR) is 118 cm³/mol. The van der Waals surface area contributed by atoms with Crippen LogP contribution in [0.3, 0.4) is 0 Å². The zero-order valence-corrected chi connectivity index (χ0v) is 17.3. The highest BCUT2D eigenvalue weighted by Crippen LogP contribution is 2.41. The number of hydrogen-bond donors (Lipinski definition) is 0. The van der Waals surface area contributed by atoms with E-state index in [4.69, 9.17) is 9.47 Å². The van der Waals surface area contributed by atoms with Crippen LogP contribution in [-0.2, 0) is 0 Å². The molecule has 1 heterocycles. The number of methoxy groups -OCH3 is 2. The maximum absolute atomic E-state index is 13.2. The van der Waals surface area contributed by atoms with Gasteiger partial charge < -0.3 is 14.4 Å². The van der Waals surface area contributed by atoms with E-state index in [9.17, 15) is 4.79 Å². The summed E-state index contributed by atoms with van der Waals surface area (Å²) in [6.45, 7) is 0.716. The maximum Gasteiger partial charge on any atom is 0.255 e. The monoisotopic (exact) mass is 405 g/mol. The average Bonchev–Trinajstić information content (AvgIpc) is 3.29. The van der Waals surface area contributed by atoms with Crippen molar-refractivity contribution < 1.29 is 14.3 Å². The lowest BCUT2D eigenvalue weighted by molar-refractivity contribution is 0.0760. The fourth-order valence-corrected chi connectivity index (χ4v) is 4.76. The van der Waals surface area contributed by atoms with Crippen molar-refractivity contribution in [3.63, 3.8) is 0 Å². The molecule has 29 heavy (non-hydrogen) atoms. The second-order valence-corrected chi connectivity index (χ2v) is 8.00. The van der Waals surface area contributed by atoms with Gasteiger partial charge in [0.15, 0.2) is 0 Å². The van der Waals surface area contributed by atoms with Crippen LogP contribution in [0.2, 0.25) is 0 Å². The minimum absolute atomic E-state index is 0.0430. The van der Waals surface area contributed by atoms with Crippen LogP contribution in [0.5, 0.6) is 11.5 Å². The second-order valence-electron chi connectivity index (χ2n) is 6.81. The Labute approximate surface area is 175 Å². The Morgan fingerprint density at radius 3 is 2.14 bits per heavy atom. The molecule has 3 aromatic rings. The summed E-state index contributed by atoms with van der Waals surface area (Å²) in [4.78, 5) is 15.2. The highest BCUT2D eigenvalue weighted by atomic mass is 32.2. The molecule has 1 aliphatic rings. The smallest absolute Gasteiger partial charge is 0.255 e. The van der Waals surface area contributed by atoms with Crippen molar-refractivity contribution in [2.24, 2.45) is 0 Å². The Morgan fingerprint density at radius 1 is 0.897 bits per heavy atom. The lowest BCUT2D eigenvalue weighted by Gasteiger charge is -2.25. The number of ether oxygens (including phenoxy) is 2. The summed E-state index contributed by atoms with van der Waals surface area (Å²) in [6, 6.07) is 23.8. The lowest BCUT2D eigenvalue weighted by Crippen LogP contribution is -2.30. The second kappa shape index (κ2) is 8.62. The van der Waals surface area contributed by atoms with Crippen LogP contribution in [-0.4, -0.2) is 37.3 Å². The molecule has 1 aliphatic heterocycles. The first-order valence-electron chi connectivity index (χ1n) is 9.50. The van der Waals surface area contributed by atoms with E-state index in [1.807, 2.05) is 65.6 Å². The Kier molecular flexibility index (Phi) is 5.76. The maximum atomic E-state index is 13.2. The molecule has 3 aromatic carbocycles. The van der Waals surface area contributed by atoms with Gasteiger partial charge >= 0.3 is 0 Å². The molecule has 5 heteroatoms. The van der Waals surface area contributed by atoms with Gasteiger partial charge in [-0.15, -0.1) is 11.8 Å². The van der Waals surface area contributed by atoms with Gasteiger partial charge in [-0.2, -0.15) is 0 Å². The molecule has 1 unspecified atom stereocenters. The fourth-order valence-electron chi connectivity index (χ4n) is 3.53. The third-order valence-corrected chi connectivity index (χ3v) is 6.31. The molecule has 0 aromatic heterocycles. The van der Waals surface area contributed by atoms with Gasteiger partial charge in [0, 0.05) is 23.9 Å². The average molecular weight is 406 g/mol. The number of carbonyl (C=O) groups is 1. The highest BCUT2D eigenvalue weighted by molar-refractivity contribution is 7.99. The van der Waals surface area contributed by atoms with Gasteiger partial charge in [0.25, 0.3) is 5.91 Å². The summed E-state index contributed by atoms with van der Waals surface area (Å²) in [7, 11) is 3.27. The minimum atomic E-state index is -0.0553. The van der Waals surface area contributed by atoms with E-state index in [0.717, 1.165) is 33.9 Å². The van der Waals surface area contributed by atoms with Crippen LogP contribution in [0.4, 0.5) is 0 Å². The summed E-state index contributed by atoms with van der Waals surface area (Å²) in [5, 5.41) is -0.0553. The Hall–Kier alpha value is -2.92. The van der Waals surface area contributed by atoms with Crippen molar-refractivity contribution in [1.29, 1.82) is 0 Å². The van der Waals surface area contributed by atoms with Crippen LogP contribution in [0.1, 0.15) is 21.3 Å². The number of hydrogen-bond acceptors (Lipinski definition) is 4. The van der Waals surface area contributed by atoms with E-state index in [1.54, 1.807) is 26.0 Å². The van der Waals surface area contributed by atoms with Crippen molar-refractivity contribution in [2.75, 3.05) is 26.5 Å². The number of nitrogens with zero attached hydrogens (tertiary/aromatic N) is 1. The Balaban J connectivity index is 1.58. The molecule has 0 bridgehead atoms. The van der Waals surface area contributed by atoms with Gasteiger partial charge in [-0.05, 0) is 41.0 Å². The molecule has 1 atom stereocenters. The first kappa shape index (κ1) is 19.4. The zero-order valence-electron chi connectivity index (χ0n) is 16.5. The van der Waals surface area contributed by atoms with Gasteiger partial charge in [0.2, 0.25) is 0 Å². The van der Waals surface area contributed by atoms with Crippen molar-refractivity contribution >= 4 is 17.7 Å². The molecule has 0 N–H and O–H groups in total. The lowest BCUT2D eigenvalue weighted by atomic mass is 10.0. The third kappa shape index (κ3) is 4.10. The van der Waals surface area contributed by atoms with Crippen LogP contribution >= 0.6 is 11.8 Å². The van der Waals surface area contributed by atoms with Gasteiger partial charge in [-0.1, -0.05) is 42.5 Å². The molecule has 1 amide bonds. The number of carbonyl (C=O) groups excluding carboxylic acids is 1. The van der Waals surface area contributed by atoms with Gasteiger partial charge in [-0.3, -0.25) is 4.79 Å². The standard InChI is InChI=1S/C24H23NO3S/c1-27-21-14-20(15-22(16-21)28-2)24-25(12-13-29-24)23(26)19-10-8-18(9-11-19)17-6-4-3-5-7-17/h3-11,14-16,24H,12-13H2,1-2H3. The quantitative estimate of drug-likeness (QED) is 0.580. The van der Waals surface area contributed by atoms with Crippen molar-refractivity contribution in [3.05, 3.63) is 83.9 Å². The molecule has 0 aliphatic carbocycles. The topological polar surface area (TPSA) is 38.8 Å². The largest absolute Gasteiger partial charge is 0.497 e. The van der Waals surface area contributed by atoms with Crippen LogP contribution in [0, 0.1) is 0 Å². The zero-order chi connectivity index (χ0) is 20.2. The predicted octanol–water partition coefficient (Wildman–Crippen LogP) is 5.26. The molecule has 1 fully saturated rings. The van der Waals surface area contributed by atoms with Crippen LogP contribution in [0.15, 0.2) is 72.8 Å². The summed E-state index contributed by atoms with van der Waals surface area (Å²) < 4.78 is 10.8.